The predicted molar refractivity (Wildman–Crippen MR) is 51.7 cm³/mol. The molecule has 0 spiro atoms. The van der Waals surface area contributed by atoms with Gasteiger partial charge in [-0.05, 0) is 38.5 Å². The lowest BCUT2D eigenvalue weighted by atomic mass is 9.90. The Labute approximate surface area is 84.1 Å². The summed E-state index contributed by atoms with van der Waals surface area (Å²) in [6.07, 6.45) is 3.97. The number of hydrogen-bond acceptors (Lipinski definition) is 3. The fraction of sp³-hybridized carbons (Fsp3) is 0.909. The predicted octanol–water partition coefficient (Wildman–Crippen LogP) is 0.877. The molecule has 4 atom stereocenters. The number of aliphatic hydroxyl groups excluding tert-OH is 2. The van der Waals surface area contributed by atoms with Crippen LogP contribution in [0.1, 0.15) is 38.5 Å². The molecule has 4 unspecified atom stereocenters. The second-order valence-electron chi connectivity index (χ2n) is 4.73. The van der Waals surface area contributed by atoms with E-state index >= 15 is 0 Å². The average molecular weight is 198 g/mol. The first-order valence-corrected chi connectivity index (χ1v) is 5.56. The highest BCUT2D eigenvalue weighted by Crippen LogP contribution is 2.34. The van der Waals surface area contributed by atoms with Crippen molar-refractivity contribution in [1.82, 2.24) is 0 Å². The van der Waals surface area contributed by atoms with Gasteiger partial charge in [0.25, 0.3) is 0 Å². The topological polar surface area (TPSA) is 57.5 Å². The highest BCUT2D eigenvalue weighted by molar-refractivity contribution is 5.84. The molecule has 3 nitrogen and oxygen atoms in total. The van der Waals surface area contributed by atoms with E-state index in [9.17, 15) is 15.0 Å². The molecule has 3 heteroatoms. The molecule has 0 amide bonds. The van der Waals surface area contributed by atoms with Crippen LogP contribution in [-0.2, 0) is 4.79 Å². The maximum atomic E-state index is 11.9. The quantitative estimate of drug-likeness (QED) is 0.692. The minimum absolute atomic E-state index is 0.0697. The lowest BCUT2D eigenvalue weighted by Gasteiger charge is -2.13. The van der Waals surface area contributed by atoms with Crippen molar-refractivity contribution in [3.8, 4) is 0 Å². The van der Waals surface area contributed by atoms with Gasteiger partial charge in [0.2, 0.25) is 0 Å². The van der Waals surface area contributed by atoms with E-state index in [2.05, 4.69) is 0 Å². The lowest BCUT2D eigenvalue weighted by molar-refractivity contribution is -0.126. The fourth-order valence-corrected chi connectivity index (χ4v) is 2.77. The van der Waals surface area contributed by atoms with Crippen LogP contribution in [0.3, 0.4) is 0 Å². The lowest BCUT2D eigenvalue weighted by Crippen LogP contribution is -2.21. The number of ketones is 1. The summed E-state index contributed by atoms with van der Waals surface area (Å²) in [4.78, 5) is 11.9. The molecule has 0 saturated heterocycles. The molecular formula is C11H18O3. The number of carbonyl (C=O) groups excluding carboxylic acids is 1. The van der Waals surface area contributed by atoms with Crippen LogP contribution in [0.5, 0.6) is 0 Å². The van der Waals surface area contributed by atoms with Crippen molar-refractivity contribution in [3.05, 3.63) is 0 Å². The third-order valence-electron chi connectivity index (χ3n) is 3.61. The number of Topliss-reactive ketones (excluding diaryl/α,β-unsaturated/α-hetero) is 1. The Kier molecular flexibility index (Phi) is 2.88. The molecule has 2 saturated carbocycles. The van der Waals surface area contributed by atoms with E-state index in [1.807, 2.05) is 0 Å². The van der Waals surface area contributed by atoms with Crippen LogP contribution < -0.4 is 0 Å². The van der Waals surface area contributed by atoms with Gasteiger partial charge >= 0.3 is 0 Å². The largest absolute Gasteiger partial charge is 0.393 e. The van der Waals surface area contributed by atoms with E-state index < -0.39 is 0 Å². The average Bonchev–Trinajstić information content (AvgIpc) is 2.73. The van der Waals surface area contributed by atoms with Gasteiger partial charge in [-0.1, -0.05) is 0 Å². The van der Waals surface area contributed by atoms with Crippen molar-refractivity contribution in [3.63, 3.8) is 0 Å². The standard InChI is InChI=1S/C11H18O3/c12-9-3-1-7(5-9)11(14)8-2-4-10(13)6-8/h7-10,12-13H,1-6H2. The van der Waals surface area contributed by atoms with E-state index in [0.29, 0.717) is 12.8 Å². The third-order valence-corrected chi connectivity index (χ3v) is 3.61. The number of aliphatic hydroxyl groups is 2. The molecule has 0 aromatic rings. The van der Waals surface area contributed by atoms with Crippen LogP contribution >= 0.6 is 0 Å². The van der Waals surface area contributed by atoms with Crippen molar-refractivity contribution in [2.24, 2.45) is 11.8 Å². The molecule has 2 aliphatic carbocycles. The summed E-state index contributed by atoms with van der Waals surface area (Å²) in [6, 6.07) is 0. The molecule has 2 N–H and O–H groups in total. The van der Waals surface area contributed by atoms with E-state index in [4.69, 9.17) is 0 Å². The van der Waals surface area contributed by atoms with Crippen molar-refractivity contribution in [1.29, 1.82) is 0 Å². The highest BCUT2D eigenvalue weighted by Gasteiger charge is 2.36. The van der Waals surface area contributed by atoms with E-state index in [1.165, 1.54) is 0 Å². The van der Waals surface area contributed by atoms with Gasteiger partial charge in [-0.25, -0.2) is 0 Å². The van der Waals surface area contributed by atoms with E-state index in [1.54, 1.807) is 0 Å². The molecule has 0 aromatic carbocycles. The number of rotatable bonds is 2. The zero-order chi connectivity index (χ0) is 10.1. The maximum absolute atomic E-state index is 11.9. The second-order valence-corrected chi connectivity index (χ2v) is 4.73. The van der Waals surface area contributed by atoms with Crippen molar-refractivity contribution in [2.75, 3.05) is 0 Å². The van der Waals surface area contributed by atoms with Gasteiger partial charge in [-0.15, -0.1) is 0 Å². The Balaban J connectivity index is 1.89. The summed E-state index contributed by atoms with van der Waals surface area (Å²) in [5.41, 5.74) is 0. The van der Waals surface area contributed by atoms with Crippen molar-refractivity contribution < 1.29 is 15.0 Å². The Morgan fingerprint density at radius 3 is 1.57 bits per heavy atom. The maximum Gasteiger partial charge on any atom is 0.139 e. The van der Waals surface area contributed by atoms with Crippen LogP contribution in [-0.4, -0.2) is 28.2 Å². The first kappa shape index (κ1) is 10.1. The molecule has 0 heterocycles. The zero-order valence-corrected chi connectivity index (χ0v) is 8.35. The molecule has 0 aromatic heterocycles. The van der Waals surface area contributed by atoms with Gasteiger partial charge in [0.05, 0.1) is 12.2 Å². The normalized spacial score (nSPS) is 43.0. The Bertz CT molecular complexity index is 205. The van der Waals surface area contributed by atoms with Gasteiger partial charge in [0.1, 0.15) is 5.78 Å². The molecular weight excluding hydrogens is 180 g/mol. The van der Waals surface area contributed by atoms with Crippen molar-refractivity contribution >= 4 is 5.78 Å². The van der Waals surface area contributed by atoms with Gasteiger partial charge < -0.3 is 10.2 Å². The van der Waals surface area contributed by atoms with Gasteiger partial charge in [-0.2, -0.15) is 0 Å². The molecule has 0 aliphatic heterocycles. The van der Waals surface area contributed by atoms with E-state index in [-0.39, 0.29) is 29.8 Å². The Hall–Kier alpha value is -0.410. The Morgan fingerprint density at radius 2 is 1.29 bits per heavy atom. The third kappa shape index (κ3) is 1.98. The minimum atomic E-state index is -0.268. The summed E-state index contributed by atoms with van der Waals surface area (Å²) in [5, 5.41) is 18.7. The van der Waals surface area contributed by atoms with Crippen LogP contribution in [0.25, 0.3) is 0 Å². The van der Waals surface area contributed by atoms with Crippen molar-refractivity contribution in [2.45, 2.75) is 50.7 Å². The molecule has 2 aliphatic rings. The van der Waals surface area contributed by atoms with Gasteiger partial charge in [0, 0.05) is 11.8 Å². The van der Waals surface area contributed by atoms with Crippen LogP contribution in [0.4, 0.5) is 0 Å². The summed E-state index contributed by atoms with van der Waals surface area (Å²) >= 11 is 0. The van der Waals surface area contributed by atoms with Gasteiger partial charge in [0.15, 0.2) is 0 Å². The number of hydrogen-bond donors (Lipinski definition) is 2. The zero-order valence-electron chi connectivity index (χ0n) is 8.35. The Morgan fingerprint density at radius 1 is 0.857 bits per heavy atom. The van der Waals surface area contributed by atoms with Crippen LogP contribution in [0.15, 0.2) is 0 Å². The van der Waals surface area contributed by atoms with Crippen LogP contribution in [0, 0.1) is 11.8 Å². The molecule has 80 valence electrons. The smallest absolute Gasteiger partial charge is 0.139 e. The fourth-order valence-electron chi connectivity index (χ4n) is 2.77. The molecule has 0 radical (unpaired) electrons. The molecule has 14 heavy (non-hydrogen) atoms. The van der Waals surface area contributed by atoms with Crippen LogP contribution in [0.2, 0.25) is 0 Å². The first-order chi connectivity index (χ1) is 6.66. The molecule has 2 fully saturated rings. The number of carbonyl (C=O) groups is 1. The van der Waals surface area contributed by atoms with Gasteiger partial charge in [-0.3, -0.25) is 4.79 Å². The molecule has 2 rings (SSSR count). The summed E-state index contributed by atoms with van der Waals surface area (Å²) in [5.74, 6) is 0.429. The SMILES string of the molecule is O=C(C1CCC(O)C1)C1CCC(O)C1. The summed E-state index contributed by atoms with van der Waals surface area (Å²) < 4.78 is 0. The summed E-state index contributed by atoms with van der Waals surface area (Å²) in [7, 11) is 0. The first-order valence-electron chi connectivity index (χ1n) is 5.56. The second kappa shape index (κ2) is 3.99. The monoisotopic (exact) mass is 198 g/mol. The summed E-state index contributed by atoms with van der Waals surface area (Å²) in [6.45, 7) is 0. The minimum Gasteiger partial charge on any atom is -0.393 e. The van der Waals surface area contributed by atoms with E-state index in [0.717, 1.165) is 25.7 Å². The highest BCUT2D eigenvalue weighted by atomic mass is 16.3. The molecule has 0 bridgehead atoms.